The minimum atomic E-state index is -0.562. The van der Waals surface area contributed by atoms with Crippen LogP contribution in [0.5, 0.6) is 0 Å². The van der Waals surface area contributed by atoms with Gasteiger partial charge in [-0.25, -0.2) is 9.78 Å². The highest BCUT2D eigenvalue weighted by Crippen LogP contribution is 2.28. The Morgan fingerprint density at radius 2 is 1.91 bits per heavy atom. The molecule has 0 radical (unpaired) electrons. The average Bonchev–Trinajstić information content (AvgIpc) is 3.23. The summed E-state index contributed by atoms with van der Waals surface area (Å²) in [6.45, 7) is 9.21. The Morgan fingerprint density at radius 1 is 1.16 bits per heavy atom. The highest BCUT2D eigenvalue weighted by molar-refractivity contribution is 7.22. The topological polar surface area (TPSA) is 89.2 Å². The summed E-state index contributed by atoms with van der Waals surface area (Å²) in [6, 6.07) is 5.65. The number of carbonyl (C=O) groups is 1. The Bertz CT molecular complexity index is 1300. The molecule has 8 nitrogen and oxygen atoms in total. The van der Waals surface area contributed by atoms with E-state index in [0.717, 1.165) is 46.8 Å². The van der Waals surface area contributed by atoms with Gasteiger partial charge >= 0.3 is 5.69 Å². The Kier molecular flexibility index (Phi) is 6.27. The van der Waals surface area contributed by atoms with Crippen molar-refractivity contribution in [2.24, 2.45) is 0 Å². The summed E-state index contributed by atoms with van der Waals surface area (Å²) >= 11 is 1.28. The zero-order chi connectivity index (χ0) is 22.8. The lowest BCUT2D eigenvalue weighted by molar-refractivity contribution is -0.116. The van der Waals surface area contributed by atoms with Crippen LogP contribution in [0.4, 0.5) is 10.8 Å². The number of piperidine rings is 1. The van der Waals surface area contributed by atoms with Gasteiger partial charge in [0.05, 0.1) is 0 Å². The fourth-order valence-electron chi connectivity index (χ4n) is 3.89. The first-order chi connectivity index (χ1) is 15.4. The number of carbonyl (C=O) groups excluding carboxylic acids is 1. The van der Waals surface area contributed by atoms with E-state index in [9.17, 15) is 14.4 Å². The lowest BCUT2D eigenvalue weighted by Crippen LogP contribution is -2.41. The molecule has 1 amide bonds. The first-order valence-electron chi connectivity index (χ1n) is 10.8. The van der Waals surface area contributed by atoms with Crippen molar-refractivity contribution in [1.82, 2.24) is 14.1 Å². The van der Waals surface area contributed by atoms with Crippen molar-refractivity contribution in [1.29, 1.82) is 0 Å². The minimum Gasteiger partial charge on any atom is -0.348 e. The van der Waals surface area contributed by atoms with E-state index >= 15 is 0 Å². The summed E-state index contributed by atoms with van der Waals surface area (Å²) in [4.78, 5) is 45.7. The second-order valence-corrected chi connectivity index (χ2v) is 9.09. The molecule has 0 aliphatic carbocycles. The second kappa shape index (κ2) is 9.12. The largest absolute Gasteiger partial charge is 0.348 e. The fraction of sp³-hybridized carbons (Fsp3) is 0.391. The van der Waals surface area contributed by atoms with Gasteiger partial charge in [0, 0.05) is 25.3 Å². The maximum Gasteiger partial charge on any atom is 0.333 e. The number of hydrogen-bond acceptors (Lipinski definition) is 6. The van der Waals surface area contributed by atoms with Crippen molar-refractivity contribution in [2.45, 2.75) is 46.2 Å². The number of aromatic nitrogens is 3. The Balaban J connectivity index is 1.74. The first kappa shape index (κ1) is 22.0. The van der Waals surface area contributed by atoms with Crippen molar-refractivity contribution < 1.29 is 4.79 Å². The highest BCUT2D eigenvalue weighted by Gasteiger charge is 2.22. The third-order valence-electron chi connectivity index (χ3n) is 5.79. The SMILES string of the molecule is C=CCn1c(=O)c2sc(N3CCCCC3)nc2n(CC(=O)Nc2ccc(C)c(C)c2)c1=O. The summed E-state index contributed by atoms with van der Waals surface area (Å²) in [7, 11) is 0. The molecule has 1 aliphatic heterocycles. The summed E-state index contributed by atoms with van der Waals surface area (Å²) in [5.41, 5.74) is 2.16. The molecule has 32 heavy (non-hydrogen) atoms. The molecule has 1 fully saturated rings. The number of thiazole rings is 1. The second-order valence-electron chi connectivity index (χ2n) is 8.12. The monoisotopic (exact) mass is 453 g/mol. The van der Waals surface area contributed by atoms with Gasteiger partial charge in [-0.05, 0) is 56.4 Å². The third-order valence-corrected chi connectivity index (χ3v) is 6.88. The van der Waals surface area contributed by atoms with Crippen LogP contribution in [-0.2, 0) is 17.9 Å². The average molecular weight is 454 g/mol. The molecular formula is C23H27N5O3S. The highest BCUT2D eigenvalue weighted by atomic mass is 32.1. The first-order valence-corrected chi connectivity index (χ1v) is 11.6. The van der Waals surface area contributed by atoms with Crippen LogP contribution in [0.1, 0.15) is 30.4 Å². The molecule has 3 aromatic rings. The van der Waals surface area contributed by atoms with E-state index in [4.69, 9.17) is 0 Å². The summed E-state index contributed by atoms with van der Waals surface area (Å²) < 4.78 is 2.78. The van der Waals surface area contributed by atoms with Gasteiger partial charge in [-0.1, -0.05) is 23.5 Å². The van der Waals surface area contributed by atoms with Crippen LogP contribution in [0.15, 0.2) is 40.4 Å². The number of amides is 1. The molecule has 1 N–H and O–H groups in total. The van der Waals surface area contributed by atoms with Gasteiger partial charge in [-0.2, -0.15) is 0 Å². The van der Waals surface area contributed by atoms with Crippen molar-refractivity contribution >= 4 is 38.4 Å². The third kappa shape index (κ3) is 4.25. The molecule has 9 heteroatoms. The lowest BCUT2D eigenvalue weighted by Gasteiger charge is -2.25. The molecule has 0 bridgehead atoms. The van der Waals surface area contributed by atoms with Crippen molar-refractivity contribution in [3.05, 3.63) is 62.8 Å². The van der Waals surface area contributed by atoms with E-state index in [1.54, 1.807) is 0 Å². The lowest BCUT2D eigenvalue weighted by atomic mass is 10.1. The molecule has 2 aromatic heterocycles. The number of fused-ring (bicyclic) bond motifs is 1. The molecule has 1 aliphatic rings. The number of aryl methyl sites for hydroxylation is 2. The van der Waals surface area contributed by atoms with Crippen LogP contribution < -0.4 is 21.5 Å². The van der Waals surface area contributed by atoms with E-state index < -0.39 is 11.2 Å². The van der Waals surface area contributed by atoms with Crippen molar-refractivity contribution in [2.75, 3.05) is 23.3 Å². The smallest absolute Gasteiger partial charge is 0.333 e. The summed E-state index contributed by atoms with van der Waals surface area (Å²) in [5.74, 6) is -0.354. The van der Waals surface area contributed by atoms with Crippen LogP contribution in [0.2, 0.25) is 0 Å². The Morgan fingerprint density at radius 3 is 2.59 bits per heavy atom. The van der Waals surface area contributed by atoms with E-state index in [1.165, 1.54) is 28.4 Å². The normalized spacial score (nSPS) is 14.0. The van der Waals surface area contributed by atoms with Gasteiger partial charge in [-0.15, -0.1) is 6.58 Å². The minimum absolute atomic E-state index is 0.0727. The van der Waals surface area contributed by atoms with Crippen LogP contribution in [0, 0.1) is 13.8 Å². The zero-order valence-electron chi connectivity index (χ0n) is 18.4. The van der Waals surface area contributed by atoms with Crippen LogP contribution in [0.25, 0.3) is 10.3 Å². The number of nitrogens with one attached hydrogen (secondary N) is 1. The molecule has 1 saturated heterocycles. The maximum atomic E-state index is 13.1. The number of allylic oxidation sites excluding steroid dienone is 1. The standard InChI is InChI=1S/C23H27N5O3S/c1-4-10-27-21(30)19-20(25-22(32-19)26-11-6-5-7-12-26)28(23(27)31)14-18(29)24-17-9-8-15(2)16(3)13-17/h4,8-9,13H,1,5-7,10-12,14H2,2-3H3,(H,24,29). The van der Waals surface area contributed by atoms with Crippen LogP contribution in [-0.4, -0.2) is 33.1 Å². The molecule has 0 spiro atoms. The van der Waals surface area contributed by atoms with E-state index in [2.05, 4.69) is 21.8 Å². The van der Waals surface area contributed by atoms with E-state index in [-0.39, 0.29) is 24.6 Å². The number of rotatable bonds is 6. The van der Waals surface area contributed by atoms with Gasteiger partial charge < -0.3 is 10.2 Å². The number of benzene rings is 1. The Labute approximate surface area is 189 Å². The summed E-state index contributed by atoms with van der Waals surface area (Å²) in [5, 5.41) is 3.56. The van der Waals surface area contributed by atoms with Gasteiger partial charge in [0.15, 0.2) is 10.8 Å². The predicted molar refractivity (Wildman–Crippen MR) is 129 cm³/mol. The number of anilines is 2. The predicted octanol–water partition coefficient (Wildman–Crippen LogP) is 3.05. The van der Waals surface area contributed by atoms with Crippen LogP contribution in [0.3, 0.4) is 0 Å². The van der Waals surface area contributed by atoms with Crippen molar-refractivity contribution in [3.63, 3.8) is 0 Å². The summed E-state index contributed by atoms with van der Waals surface area (Å²) in [6.07, 6.45) is 4.82. The van der Waals surface area contributed by atoms with Gasteiger partial charge in [-0.3, -0.25) is 18.7 Å². The quantitative estimate of drug-likeness (QED) is 0.580. The van der Waals surface area contributed by atoms with Gasteiger partial charge in [0.2, 0.25) is 5.91 Å². The Hall–Kier alpha value is -3.20. The van der Waals surface area contributed by atoms with E-state index in [0.29, 0.717) is 10.4 Å². The molecule has 1 aromatic carbocycles. The fourth-order valence-corrected chi connectivity index (χ4v) is 4.96. The molecule has 0 atom stereocenters. The molecule has 0 saturated carbocycles. The van der Waals surface area contributed by atoms with Crippen LogP contribution >= 0.6 is 11.3 Å². The molecule has 4 rings (SSSR count). The molecule has 0 unspecified atom stereocenters. The molecule has 168 valence electrons. The number of nitrogens with zero attached hydrogens (tertiary/aromatic N) is 4. The number of hydrogen-bond donors (Lipinski definition) is 1. The van der Waals surface area contributed by atoms with Gasteiger partial charge in [0.1, 0.15) is 11.2 Å². The molecule has 3 heterocycles. The zero-order valence-corrected chi connectivity index (χ0v) is 19.2. The molecular weight excluding hydrogens is 426 g/mol. The van der Waals surface area contributed by atoms with E-state index in [1.807, 2.05) is 32.0 Å². The van der Waals surface area contributed by atoms with Gasteiger partial charge in [0.25, 0.3) is 5.56 Å². The maximum absolute atomic E-state index is 13.1. The van der Waals surface area contributed by atoms with Crippen molar-refractivity contribution in [3.8, 4) is 0 Å².